The second-order valence-corrected chi connectivity index (χ2v) is 7.39. The summed E-state index contributed by atoms with van der Waals surface area (Å²) in [6.07, 6.45) is 1.25. The molecule has 0 saturated carbocycles. The number of methoxy groups -OCH3 is 1. The van der Waals surface area contributed by atoms with Crippen LogP contribution in [0, 0.1) is 5.41 Å². The van der Waals surface area contributed by atoms with E-state index in [1.807, 2.05) is 11.3 Å². The summed E-state index contributed by atoms with van der Waals surface area (Å²) in [7, 11) is 1.78. The van der Waals surface area contributed by atoms with Crippen molar-refractivity contribution in [3.05, 3.63) is 22.4 Å². The number of rotatable bonds is 5. The Bertz CT molecular complexity index is 426. The van der Waals surface area contributed by atoms with Crippen LogP contribution in [-0.4, -0.2) is 69.5 Å². The van der Waals surface area contributed by atoms with E-state index in [2.05, 4.69) is 27.3 Å². The van der Waals surface area contributed by atoms with Crippen molar-refractivity contribution in [1.29, 1.82) is 0 Å². The fraction of sp³-hybridized carbons (Fsp3) is 0.750. The van der Waals surface area contributed by atoms with Gasteiger partial charge >= 0.3 is 0 Å². The fourth-order valence-electron chi connectivity index (χ4n) is 3.53. The minimum atomic E-state index is 0.321. The Kier molecular flexibility index (Phi) is 5.29. The smallest absolute Gasteiger partial charge is 0.0593 e. The quantitative estimate of drug-likeness (QED) is 0.829. The Labute approximate surface area is 131 Å². The van der Waals surface area contributed by atoms with Gasteiger partial charge in [-0.05, 0) is 24.4 Å². The van der Waals surface area contributed by atoms with Gasteiger partial charge in [-0.2, -0.15) is 0 Å². The lowest BCUT2D eigenvalue weighted by Crippen LogP contribution is -2.40. The van der Waals surface area contributed by atoms with E-state index in [9.17, 15) is 0 Å². The normalized spacial score (nSPS) is 28.2. The van der Waals surface area contributed by atoms with Gasteiger partial charge < -0.3 is 14.4 Å². The van der Waals surface area contributed by atoms with Crippen LogP contribution in [0.15, 0.2) is 17.5 Å². The first-order valence-corrected chi connectivity index (χ1v) is 8.71. The van der Waals surface area contributed by atoms with Gasteiger partial charge in [-0.25, -0.2) is 0 Å². The molecule has 2 aliphatic rings. The third-order valence-corrected chi connectivity index (χ3v) is 5.47. The molecule has 2 aliphatic heterocycles. The molecule has 5 heteroatoms. The van der Waals surface area contributed by atoms with Gasteiger partial charge in [-0.1, -0.05) is 6.07 Å². The molecule has 0 unspecified atom stereocenters. The lowest BCUT2D eigenvalue weighted by molar-refractivity contribution is 0.0682. The molecule has 1 atom stereocenters. The molecular weight excluding hydrogens is 284 g/mol. The maximum Gasteiger partial charge on any atom is 0.0593 e. The topological polar surface area (TPSA) is 24.9 Å². The predicted octanol–water partition coefficient (Wildman–Crippen LogP) is 1.92. The number of hydrogen-bond donors (Lipinski definition) is 0. The van der Waals surface area contributed by atoms with E-state index in [0.717, 1.165) is 52.5 Å². The average Bonchev–Trinajstić information content (AvgIpc) is 3.07. The van der Waals surface area contributed by atoms with Crippen molar-refractivity contribution in [2.24, 2.45) is 5.41 Å². The zero-order valence-corrected chi connectivity index (χ0v) is 13.7. The standard InChI is InChI=1S/C16H26N2O2S/c1-19-8-6-17-5-4-16(12-17)13-18(7-9-20-14-16)11-15-3-2-10-21-15/h2-3,10H,4-9,11-14H2,1H3/t16-/m1/s1. The van der Waals surface area contributed by atoms with Crippen LogP contribution < -0.4 is 0 Å². The van der Waals surface area contributed by atoms with Crippen LogP contribution in [0.25, 0.3) is 0 Å². The number of nitrogens with zero attached hydrogens (tertiary/aromatic N) is 2. The van der Waals surface area contributed by atoms with E-state index in [1.165, 1.54) is 17.8 Å². The third-order valence-electron chi connectivity index (χ3n) is 4.61. The van der Waals surface area contributed by atoms with Crippen molar-refractivity contribution in [1.82, 2.24) is 9.80 Å². The zero-order chi connectivity index (χ0) is 14.5. The van der Waals surface area contributed by atoms with Gasteiger partial charge in [0.15, 0.2) is 0 Å². The molecule has 0 aromatic carbocycles. The van der Waals surface area contributed by atoms with Gasteiger partial charge in [-0.3, -0.25) is 4.90 Å². The van der Waals surface area contributed by atoms with E-state index in [4.69, 9.17) is 9.47 Å². The van der Waals surface area contributed by atoms with Crippen LogP contribution in [0.2, 0.25) is 0 Å². The molecule has 118 valence electrons. The molecule has 2 fully saturated rings. The lowest BCUT2D eigenvalue weighted by atomic mass is 9.87. The van der Waals surface area contributed by atoms with Crippen molar-refractivity contribution in [3.63, 3.8) is 0 Å². The summed E-state index contributed by atoms with van der Waals surface area (Å²) in [5.74, 6) is 0. The third kappa shape index (κ3) is 4.05. The zero-order valence-electron chi connectivity index (χ0n) is 12.9. The van der Waals surface area contributed by atoms with Crippen LogP contribution in [0.4, 0.5) is 0 Å². The van der Waals surface area contributed by atoms with E-state index in [0.29, 0.717) is 5.41 Å². The maximum atomic E-state index is 5.94. The van der Waals surface area contributed by atoms with E-state index < -0.39 is 0 Å². The second kappa shape index (κ2) is 7.20. The molecule has 0 amide bonds. The summed E-state index contributed by atoms with van der Waals surface area (Å²) in [5, 5.41) is 2.17. The monoisotopic (exact) mass is 310 g/mol. The highest BCUT2D eigenvalue weighted by atomic mass is 32.1. The van der Waals surface area contributed by atoms with Gasteiger partial charge in [0.2, 0.25) is 0 Å². The maximum absolute atomic E-state index is 5.94. The minimum Gasteiger partial charge on any atom is -0.383 e. The molecule has 1 aromatic heterocycles. The van der Waals surface area contributed by atoms with E-state index >= 15 is 0 Å². The van der Waals surface area contributed by atoms with Crippen molar-refractivity contribution in [2.75, 3.05) is 59.7 Å². The molecule has 1 spiro atoms. The summed E-state index contributed by atoms with van der Waals surface area (Å²) in [5.41, 5.74) is 0.321. The van der Waals surface area contributed by atoms with Gasteiger partial charge in [-0.15, -0.1) is 11.3 Å². The van der Waals surface area contributed by atoms with Crippen molar-refractivity contribution in [3.8, 4) is 0 Å². The van der Waals surface area contributed by atoms with E-state index in [1.54, 1.807) is 7.11 Å². The van der Waals surface area contributed by atoms with Gasteiger partial charge in [0, 0.05) is 50.1 Å². The van der Waals surface area contributed by atoms with Gasteiger partial charge in [0.1, 0.15) is 0 Å². The van der Waals surface area contributed by atoms with Crippen molar-refractivity contribution >= 4 is 11.3 Å². The highest BCUT2D eigenvalue weighted by Gasteiger charge is 2.40. The number of thiophene rings is 1. The SMILES string of the molecule is COCCN1CC[C@@]2(COCCN(Cc3cccs3)C2)C1. The Morgan fingerprint density at radius 3 is 3.05 bits per heavy atom. The van der Waals surface area contributed by atoms with Gasteiger partial charge in [0.25, 0.3) is 0 Å². The van der Waals surface area contributed by atoms with Crippen LogP contribution in [0.5, 0.6) is 0 Å². The average molecular weight is 310 g/mol. The minimum absolute atomic E-state index is 0.321. The van der Waals surface area contributed by atoms with Crippen LogP contribution >= 0.6 is 11.3 Å². The summed E-state index contributed by atoms with van der Waals surface area (Å²) in [6, 6.07) is 4.38. The van der Waals surface area contributed by atoms with Crippen LogP contribution in [0.1, 0.15) is 11.3 Å². The molecule has 21 heavy (non-hydrogen) atoms. The van der Waals surface area contributed by atoms with Crippen molar-refractivity contribution in [2.45, 2.75) is 13.0 Å². The summed E-state index contributed by atoms with van der Waals surface area (Å²) in [6.45, 7) is 9.27. The molecule has 3 rings (SSSR count). The molecule has 0 N–H and O–H groups in total. The van der Waals surface area contributed by atoms with Crippen LogP contribution in [-0.2, 0) is 16.0 Å². The predicted molar refractivity (Wildman–Crippen MR) is 85.8 cm³/mol. The summed E-state index contributed by atoms with van der Waals surface area (Å²) in [4.78, 5) is 6.57. The number of likely N-dealkylation sites (tertiary alicyclic amines) is 1. The molecule has 0 aliphatic carbocycles. The first-order valence-electron chi connectivity index (χ1n) is 7.83. The Morgan fingerprint density at radius 1 is 1.33 bits per heavy atom. The van der Waals surface area contributed by atoms with Crippen LogP contribution in [0.3, 0.4) is 0 Å². The molecule has 1 aromatic rings. The molecular formula is C16H26N2O2S. The van der Waals surface area contributed by atoms with Crippen molar-refractivity contribution < 1.29 is 9.47 Å². The lowest BCUT2D eigenvalue weighted by Gasteiger charge is -2.31. The fourth-order valence-corrected chi connectivity index (χ4v) is 4.27. The number of hydrogen-bond acceptors (Lipinski definition) is 5. The highest BCUT2D eigenvalue weighted by Crippen LogP contribution is 2.33. The molecule has 3 heterocycles. The first kappa shape index (κ1) is 15.4. The summed E-state index contributed by atoms with van der Waals surface area (Å²) >= 11 is 1.86. The largest absolute Gasteiger partial charge is 0.383 e. The molecule has 0 radical (unpaired) electrons. The first-order chi connectivity index (χ1) is 10.3. The second-order valence-electron chi connectivity index (χ2n) is 6.36. The molecule has 2 saturated heterocycles. The highest BCUT2D eigenvalue weighted by molar-refractivity contribution is 7.09. The Hall–Kier alpha value is -0.460. The Morgan fingerprint density at radius 2 is 2.24 bits per heavy atom. The van der Waals surface area contributed by atoms with Gasteiger partial charge in [0.05, 0.1) is 19.8 Å². The number of ether oxygens (including phenoxy) is 2. The molecule has 4 nitrogen and oxygen atoms in total. The van der Waals surface area contributed by atoms with E-state index in [-0.39, 0.29) is 0 Å². The molecule has 0 bridgehead atoms. The summed E-state index contributed by atoms with van der Waals surface area (Å²) < 4.78 is 11.2. The Balaban J connectivity index is 1.59.